The molecule has 0 heterocycles. The highest BCUT2D eigenvalue weighted by Gasteiger charge is 2.39. The second kappa shape index (κ2) is 1.56. The van der Waals surface area contributed by atoms with Crippen LogP contribution in [0.3, 0.4) is 0 Å². The van der Waals surface area contributed by atoms with Crippen LogP contribution in [-0.4, -0.2) is 6.04 Å². The molecule has 2 aliphatic carbocycles. The molecule has 0 aliphatic heterocycles. The van der Waals surface area contributed by atoms with E-state index in [0.717, 1.165) is 6.42 Å². The van der Waals surface area contributed by atoms with Gasteiger partial charge in [0.2, 0.25) is 0 Å². The van der Waals surface area contributed by atoms with Crippen LogP contribution < -0.4 is 5.73 Å². The average Bonchev–Trinajstić information content (AvgIpc) is 2.55. The van der Waals surface area contributed by atoms with Gasteiger partial charge in [0, 0.05) is 0 Å². The zero-order valence-electron chi connectivity index (χ0n) is 6.17. The van der Waals surface area contributed by atoms with Crippen LogP contribution in [0.1, 0.15) is 11.1 Å². The minimum Gasteiger partial charge on any atom is -0.320 e. The molecule has 54 valence electrons. The third-order valence-corrected chi connectivity index (χ3v) is 2.64. The Bertz CT molecular complexity index is 363. The Morgan fingerprint density at radius 2 is 2.09 bits per heavy atom. The highest BCUT2D eigenvalue weighted by Crippen LogP contribution is 2.48. The Morgan fingerprint density at radius 1 is 1.27 bits per heavy atom. The van der Waals surface area contributed by atoms with Crippen molar-refractivity contribution in [2.75, 3.05) is 0 Å². The molecule has 1 atom stereocenters. The Kier molecular flexibility index (Phi) is 0.789. The van der Waals surface area contributed by atoms with Crippen LogP contribution in [0.5, 0.6) is 0 Å². The summed E-state index contributed by atoms with van der Waals surface area (Å²) >= 11 is 0. The molecule has 3 rings (SSSR count). The van der Waals surface area contributed by atoms with Gasteiger partial charge in [-0.25, -0.2) is 0 Å². The lowest BCUT2D eigenvalue weighted by Gasteiger charge is -2.04. The van der Waals surface area contributed by atoms with Gasteiger partial charge >= 0.3 is 0 Å². The van der Waals surface area contributed by atoms with Gasteiger partial charge in [-0.05, 0) is 28.7 Å². The van der Waals surface area contributed by atoms with Crippen molar-refractivity contribution in [2.45, 2.75) is 12.5 Å². The lowest BCUT2D eigenvalue weighted by molar-refractivity contribution is 1.03. The third kappa shape index (κ3) is 0.548. The first kappa shape index (κ1) is 5.56. The van der Waals surface area contributed by atoms with E-state index in [1.54, 1.807) is 0 Å². The highest BCUT2D eigenvalue weighted by molar-refractivity contribution is 5.94. The molecule has 1 nitrogen and oxygen atoms in total. The Hall–Kier alpha value is -1.08. The summed E-state index contributed by atoms with van der Waals surface area (Å²) in [7, 11) is 0. The van der Waals surface area contributed by atoms with E-state index in [-0.39, 0.29) is 0 Å². The normalized spacial score (nSPS) is 25.0. The zero-order valence-corrected chi connectivity index (χ0v) is 6.17. The molecular formula is C10H9N. The van der Waals surface area contributed by atoms with Gasteiger partial charge in [-0.15, -0.1) is 0 Å². The van der Waals surface area contributed by atoms with E-state index < -0.39 is 0 Å². The van der Waals surface area contributed by atoms with Crippen LogP contribution in [-0.2, 0) is 6.42 Å². The molecule has 0 bridgehead atoms. The summed E-state index contributed by atoms with van der Waals surface area (Å²) in [4.78, 5) is 0. The van der Waals surface area contributed by atoms with Gasteiger partial charge in [0.1, 0.15) is 0 Å². The lowest BCUT2D eigenvalue weighted by atomic mass is 10.0. The number of benzene rings is 1. The fourth-order valence-electron chi connectivity index (χ4n) is 1.97. The predicted molar refractivity (Wildman–Crippen MR) is 45.0 cm³/mol. The van der Waals surface area contributed by atoms with Crippen LogP contribution in [0, 0.1) is 0 Å². The van der Waals surface area contributed by atoms with E-state index in [1.807, 2.05) is 0 Å². The molecule has 1 unspecified atom stereocenters. The monoisotopic (exact) mass is 143 g/mol. The van der Waals surface area contributed by atoms with Gasteiger partial charge in [-0.1, -0.05) is 24.3 Å². The van der Waals surface area contributed by atoms with Crippen LogP contribution in [0.25, 0.3) is 5.57 Å². The van der Waals surface area contributed by atoms with Crippen molar-refractivity contribution in [2.24, 2.45) is 5.73 Å². The van der Waals surface area contributed by atoms with Crippen molar-refractivity contribution in [3.8, 4) is 0 Å². The maximum atomic E-state index is 5.81. The minimum absolute atomic E-state index is 0.310. The van der Waals surface area contributed by atoms with Crippen molar-refractivity contribution in [1.29, 1.82) is 0 Å². The molecule has 11 heavy (non-hydrogen) atoms. The summed E-state index contributed by atoms with van der Waals surface area (Å²) in [6, 6.07) is 8.85. The predicted octanol–water partition coefficient (Wildman–Crippen LogP) is 1.34. The zero-order chi connectivity index (χ0) is 7.42. The maximum absolute atomic E-state index is 5.81. The smallest absolute Gasteiger partial charge is 0.0527 e. The van der Waals surface area contributed by atoms with Gasteiger partial charge in [0.25, 0.3) is 0 Å². The first-order valence-electron chi connectivity index (χ1n) is 3.95. The fourth-order valence-corrected chi connectivity index (χ4v) is 1.97. The first-order valence-corrected chi connectivity index (χ1v) is 3.95. The van der Waals surface area contributed by atoms with E-state index in [2.05, 4.69) is 24.3 Å². The van der Waals surface area contributed by atoms with E-state index in [4.69, 9.17) is 5.73 Å². The largest absolute Gasteiger partial charge is 0.320 e. The van der Waals surface area contributed by atoms with E-state index in [0.29, 0.717) is 6.04 Å². The summed E-state index contributed by atoms with van der Waals surface area (Å²) in [5.41, 5.74) is 11.5. The molecule has 0 saturated carbocycles. The van der Waals surface area contributed by atoms with E-state index in [9.17, 15) is 0 Å². The molecule has 0 radical (unpaired) electrons. The topological polar surface area (TPSA) is 26.0 Å². The van der Waals surface area contributed by atoms with Crippen LogP contribution in [0.2, 0.25) is 0 Å². The summed E-state index contributed by atoms with van der Waals surface area (Å²) in [5.74, 6) is 0. The molecule has 0 spiro atoms. The number of nitrogens with two attached hydrogens (primary N) is 1. The lowest BCUT2D eigenvalue weighted by Crippen LogP contribution is -2.10. The molecule has 0 saturated heterocycles. The molecule has 0 amide bonds. The summed E-state index contributed by atoms with van der Waals surface area (Å²) < 4.78 is 0. The SMILES string of the molecule is NC1C2=C1c1ccccc1C2. The standard InChI is InChI=1S/C10H9N/c11-10-8-5-6-3-1-2-4-7(6)9(8)10/h1-4,10H,5,11H2. The van der Waals surface area contributed by atoms with Gasteiger partial charge in [0.05, 0.1) is 6.04 Å². The van der Waals surface area contributed by atoms with Gasteiger partial charge in [0.15, 0.2) is 0 Å². The summed E-state index contributed by atoms with van der Waals surface area (Å²) in [6.07, 6.45) is 1.10. The Balaban J connectivity index is 2.19. The quantitative estimate of drug-likeness (QED) is 0.582. The van der Waals surface area contributed by atoms with Gasteiger partial charge in [-0.2, -0.15) is 0 Å². The molecule has 0 fully saturated rings. The molecule has 1 aromatic carbocycles. The molecule has 2 aliphatic rings. The molecule has 1 aromatic rings. The molecule has 2 N–H and O–H groups in total. The van der Waals surface area contributed by atoms with Gasteiger partial charge in [-0.3, -0.25) is 0 Å². The molecule has 1 heteroatoms. The number of hydrogen-bond donors (Lipinski definition) is 1. The summed E-state index contributed by atoms with van der Waals surface area (Å²) in [5, 5.41) is 0. The van der Waals surface area contributed by atoms with Crippen molar-refractivity contribution in [3.05, 3.63) is 41.0 Å². The van der Waals surface area contributed by atoms with Crippen molar-refractivity contribution >= 4 is 5.57 Å². The second-order valence-electron chi connectivity index (χ2n) is 3.25. The molecular weight excluding hydrogens is 134 g/mol. The number of fused-ring (bicyclic) bond motifs is 2. The summed E-state index contributed by atoms with van der Waals surface area (Å²) in [6.45, 7) is 0. The van der Waals surface area contributed by atoms with Crippen molar-refractivity contribution in [1.82, 2.24) is 0 Å². The average molecular weight is 143 g/mol. The third-order valence-electron chi connectivity index (χ3n) is 2.64. The Labute approximate surface area is 65.5 Å². The van der Waals surface area contributed by atoms with E-state index in [1.165, 1.54) is 22.3 Å². The maximum Gasteiger partial charge on any atom is 0.0527 e. The van der Waals surface area contributed by atoms with Gasteiger partial charge < -0.3 is 5.73 Å². The van der Waals surface area contributed by atoms with Crippen molar-refractivity contribution in [3.63, 3.8) is 0 Å². The molecule has 0 aromatic heterocycles. The van der Waals surface area contributed by atoms with Crippen molar-refractivity contribution < 1.29 is 0 Å². The van der Waals surface area contributed by atoms with E-state index >= 15 is 0 Å². The fraction of sp³-hybridized carbons (Fsp3) is 0.200. The highest BCUT2D eigenvalue weighted by atomic mass is 14.7. The number of rotatable bonds is 0. The van der Waals surface area contributed by atoms with Crippen LogP contribution in [0.15, 0.2) is 29.8 Å². The van der Waals surface area contributed by atoms with Crippen LogP contribution in [0.4, 0.5) is 0 Å². The number of hydrogen-bond acceptors (Lipinski definition) is 1. The van der Waals surface area contributed by atoms with Crippen LogP contribution >= 0.6 is 0 Å². The minimum atomic E-state index is 0.310. The second-order valence-corrected chi connectivity index (χ2v) is 3.25. The Morgan fingerprint density at radius 3 is 3.00 bits per heavy atom. The first-order chi connectivity index (χ1) is 5.38.